The van der Waals surface area contributed by atoms with Crippen LogP contribution in [0.25, 0.3) is 11.1 Å². The largest absolute Gasteiger partial charge is 0.493 e. The molecule has 0 spiro atoms. The second kappa shape index (κ2) is 19.4. The van der Waals surface area contributed by atoms with Gasteiger partial charge < -0.3 is 45.3 Å². The maximum Gasteiger partial charge on any atom is 0.142 e. The number of aliphatic hydroxyl groups is 4. The number of ether oxygens (including phenoxy) is 3. The summed E-state index contributed by atoms with van der Waals surface area (Å²) in [7, 11) is 0. The highest BCUT2D eigenvalue weighted by Crippen LogP contribution is 2.36. The van der Waals surface area contributed by atoms with Crippen molar-refractivity contribution in [3.8, 4) is 34.4 Å². The first-order valence-electron chi connectivity index (χ1n) is 16.8. The summed E-state index contributed by atoms with van der Waals surface area (Å²) in [5.41, 5.74) is 6.06. The minimum Gasteiger partial charge on any atom is -0.493 e. The molecule has 6 N–H and O–H groups in total. The molecule has 1 heterocycles. The highest BCUT2D eigenvalue weighted by molar-refractivity contribution is 6.32. The van der Waals surface area contributed by atoms with Gasteiger partial charge in [0.25, 0.3) is 0 Å². The summed E-state index contributed by atoms with van der Waals surface area (Å²) < 4.78 is 18.6. The fourth-order valence-corrected chi connectivity index (χ4v) is 5.52. The average Bonchev–Trinajstić information content (AvgIpc) is 3.15. The number of pyridine rings is 1. The third-order valence-corrected chi connectivity index (χ3v) is 8.88. The lowest BCUT2D eigenvalue weighted by molar-refractivity contribution is 0.0942. The smallest absolute Gasteiger partial charge is 0.142 e. The first-order valence-corrected chi connectivity index (χ1v) is 17.2. The van der Waals surface area contributed by atoms with E-state index in [1.165, 1.54) is 6.20 Å². The Labute approximate surface area is 304 Å². The summed E-state index contributed by atoms with van der Waals surface area (Å²) in [6, 6.07) is 19.3. The van der Waals surface area contributed by atoms with Gasteiger partial charge in [-0.3, -0.25) is 4.98 Å². The Morgan fingerprint density at radius 3 is 2.33 bits per heavy atom. The second-order valence-electron chi connectivity index (χ2n) is 12.7. The number of hydrogen-bond donors (Lipinski definition) is 6. The molecule has 0 aliphatic heterocycles. The molecule has 0 aliphatic carbocycles. The average molecular weight is 719 g/mol. The van der Waals surface area contributed by atoms with Gasteiger partial charge in [0.2, 0.25) is 0 Å². The standard InChI is InChI=1S/C39H47ClN4O7/c1-26-30(7-4-8-33(26)34-9-5-10-36(27(34)2)49-12-6-11-42-20-32(48)21-45)23-51-38-15-37(50-22-29-13-28(16-41)17-43-18-29)31(14-35(38)40)19-44-39(3,24-46)25-47/h4-5,7-10,13-15,17-18,32,42,44-48H,6,11-12,19-25H2,1-3H3. The summed E-state index contributed by atoms with van der Waals surface area (Å²) in [5, 5.41) is 53.9. The van der Waals surface area contributed by atoms with Crippen LogP contribution in [0.3, 0.4) is 0 Å². The van der Waals surface area contributed by atoms with E-state index in [9.17, 15) is 20.6 Å². The molecule has 272 valence electrons. The van der Waals surface area contributed by atoms with Gasteiger partial charge in [-0.15, -0.1) is 0 Å². The van der Waals surface area contributed by atoms with Crippen molar-refractivity contribution in [2.75, 3.05) is 39.5 Å². The first-order chi connectivity index (χ1) is 24.6. The first kappa shape index (κ1) is 39.5. The lowest BCUT2D eigenvalue weighted by Gasteiger charge is -2.27. The molecule has 1 unspecified atom stereocenters. The van der Waals surface area contributed by atoms with Gasteiger partial charge in [-0.25, -0.2) is 0 Å². The Bertz CT molecular complexity index is 1780. The number of aromatic nitrogens is 1. The van der Waals surface area contributed by atoms with Crippen LogP contribution in [0.2, 0.25) is 5.02 Å². The van der Waals surface area contributed by atoms with E-state index in [1.807, 2.05) is 31.2 Å². The van der Waals surface area contributed by atoms with Gasteiger partial charge in [-0.1, -0.05) is 41.9 Å². The summed E-state index contributed by atoms with van der Waals surface area (Å²) in [6.45, 7) is 7.13. The van der Waals surface area contributed by atoms with Gasteiger partial charge >= 0.3 is 0 Å². The van der Waals surface area contributed by atoms with Gasteiger partial charge in [0, 0.05) is 42.7 Å². The predicted molar refractivity (Wildman–Crippen MR) is 196 cm³/mol. The fourth-order valence-electron chi connectivity index (χ4n) is 5.28. The molecule has 12 heteroatoms. The summed E-state index contributed by atoms with van der Waals surface area (Å²) in [6.07, 6.45) is 3.10. The lowest BCUT2D eigenvalue weighted by atomic mass is 9.93. The van der Waals surface area contributed by atoms with Gasteiger partial charge in [0.1, 0.15) is 36.5 Å². The van der Waals surface area contributed by atoms with Crippen molar-refractivity contribution >= 4 is 11.6 Å². The van der Waals surface area contributed by atoms with Crippen molar-refractivity contribution in [1.29, 1.82) is 5.26 Å². The van der Waals surface area contributed by atoms with E-state index < -0.39 is 11.6 Å². The summed E-state index contributed by atoms with van der Waals surface area (Å²) in [4.78, 5) is 4.11. The van der Waals surface area contributed by atoms with Crippen molar-refractivity contribution < 1.29 is 34.6 Å². The molecule has 4 aromatic rings. The number of halogens is 1. The van der Waals surface area contributed by atoms with E-state index in [1.54, 1.807) is 31.3 Å². The van der Waals surface area contributed by atoms with Gasteiger partial charge in [-0.2, -0.15) is 5.26 Å². The Morgan fingerprint density at radius 1 is 0.882 bits per heavy atom. The topological polar surface area (TPSA) is 169 Å². The lowest BCUT2D eigenvalue weighted by Crippen LogP contribution is -2.48. The Balaban J connectivity index is 1.50. The van der Waals surface area contributed by atoms with E-state index in [-0.39, 0.29) is 39.6 Å². The molecule has 0 radical (unpaired) electrons. The van der Waals surface area contributed by atoms with Crippen molar-refractivity contribution in [1.82, 2.24) is 15.6 Å². The molecule has 0 aliphatic rings. The maximum absolute atomic E-state index is 9.78. The second-order valence-corrected chi connectivity index (χ2v) is 13.1. The number of rotatable bonds is 20. The molecule has 3 aromatic carbocycles. The molecule has 0 amide bonds. The van der Waals surface area contributed by atoms with Crippen molar-refractivity contribution in [3.63, 3.8) is 0 Å². The normalized spacial score (nSPS) is 12.0. The van der Waals surface area contributed by atoms with Gasteiger partial charge in [0.15, 0.2) is 0 Å². The Morgan fingerprint density at radius 2 is 1.61 bits per heavy atom. The predicted octanol–water partition coefficient (Wildman–Crippen LogP) is 4.59. The van der Waals surface area contributed by atoms with Crippen LogP contribution in [0.5, 0.6) is 17.2 Å². The molecule has 0 bridgehead atoms. The minimum absolute atomic E-state index is 0.142. The quantitative estimate of drug-likeness (QED) is 0.0707. The van der Waals surface area contributed by atoms with Crippen LogP contribution in [-0.4, -0.2) is 76.6 Å². The monoisotopic (exact) mass is 718 g/mol. The number of nitrogens with one attached hydrogen (secondary N) is 2. The number of benzene rings is 3. The van der Waals surface area contributed by atoms with Gasteiger partial charge in [-0.05, 0) is 79.8 Å². The van der Waals surface area contributed by atoms with Crippen LogP contribution in [0.15, 0.2) is 67.0 Å². The molecule has 51 heavy (non-hydrogen) atoms. The zero-order valence-corrected chi connectivity index (χ0v) is 30.0. The number of aliphatic hydroxyl groups excluding tert-OH is 4. The third-order valence-electron chi connectivity index (χ3n) is 8.59. The molecular weight excluding hydrogens is 672 g/mol. The zero-order chi connectivity index (χ0) is 36.8. The van der Waals surface area contributed by atoms with E-state index in [0.717, 1.165) is 40.0 Å². The molecule has 0 saturated carbocycles. The molecule has 4 rings (SSSR count). The van der Waals surface area contributed by atoms with Crippen LogP contribution in [0.1, 0.15) is 46.7 Å². The highest BCUT2D eigenvalue weighted by atomic mass is 35.5. The van der Waals surface area contributed by atoms with Crippen LogP contribution in [0, 0.1) is 25.2 Å². The highest BCUT2D eigenvalue weighted by Gasteiger charge is 2.23. The van der Waals surface area contributed by atoms with Crippen molar-refractivity contribution in [2.45, 2.75) is 58.6 Å². The van der Waals surface area contributed by atoms with E-state index >= 15 is 0 Å². The van der Waals surface area contributed by atoms with E-state index in [2.05, 4.69) is 40.7 Å². The molecule has 0 saturated heterocycles. The van der Waals surface area contributed by atoms with Crippen LogP contribution < -0.4 is 24.8 Å². The van der Waals surface area contributed by atoms with E-state index in [0.29, 0.717) is 52.9 Å². The maximum atomic E-state index is 9.78. The summed E-state index contributed by atoms with van der Waals surface area (Å²) in [5.74, 6) is 1.70. The SMILES string of the molecule is Cc1c(COc2cc(OCc3cncc(C#N)c3)c(CNC(C)(CO)CO)cc2Cl)cccc1-c1cccc(OCCCNCC(O)CO)c1C. The van der Waals surface area contributed by atoms with Crippen LogP contribution in [0.4, 0.5) is 0 Å². The number of nitriles is 1. The van der Waals surface area contributed by atoms with E-state index in [4.69, 9.17) is 30.9 Å². The van der Waals surface area contributed by atoms with Crippen molar-refractivity contribution in [2.24, 2.45) is 0 Å². The molecule has 11 nitrogen and oxygen atoms in total. The molecule has 1 atom stereocenters. The molecular formula is C39H47ClN4O7. The molecule has 1 aromatic heterocycles. The van der Waals surface area contributed by atoms with Crippen molar-refractivity contribution in [3.05, 3.63) is 105 Å². The zero-order valence-electron chi connectivity index (χ0n) is 29.3. The summed E-state index contributed by atoms with van der Waals surface area (Å²) >= 11 is 6.75. The van der Waals surface area contributed by atoms with Crippen LogP contribution >= 0.6 is 11.6 Å². The molecule has 0 fully saturated rings. The third kappa shape index (κ3) is 11.1. The Kier molecular flexibility index (Phi) is 15.0. The Hall–Kier alpha value is -4.25. The minimum atomic E-state index is -0.917. The number of nitrogens with zero attached hydrogens (tertiary/aromatic N) is 2. The van der Waals surface area contributed by atoms with Gasteiger partial charge in [0.05, 0.1) is 48.7 Å². The number of hydrogen-bond acceptors (Lipinski definition) is 11. The fraction of sp³-hybridized carbons (Fsp3) is 0.385. The van der Waals surface area contributed by atoms with Crippen LogP contribution in [-0.2, 0) is 19.8 Å².